The second-order valence-electron chi connectivity index (χ2n) is 4.48. The SMILES string of the molecule is O=c1c2ccc(Br)cc2ncn1CCc1ccccn1. The summed E-state index contributed by atoms with van der Waals surface area (Å²) in [5, 5.41) is 0.636. The molecule has 0 amide bonds. The van der Waals surface area contributed by atoms with Crippen LogP contribution in [-0.2, 0) is 13.0 Å². The van der Waals surface area contributed by atoms with Crippen LogP contribution in [0.1, 0.15) is 5.69 Å². The Labute approximate surface area is 124 Å². The zero-order valence-corrected chi connectivity index (χ0v) is 12.2. The van der Waals surface area contributed by atoms with Gasteiger partial charge in [0.1, 0.15) is 0 Å². The van der Waals surface area contributed by atoms with Crippen molar-refractivity contribution >= 4 is 26.8 Å². The van der Waals surface area contributed by atoms with E-state index in [0.717, 1.165) is 10.2 Å². The lowest BCUT2D eigenvalue weighted by Crippen LogP contribution is -2.21. The predicted octanol–water partition coefficient (Wildman–Crippen LogP) is 2.80. The summed E-state index contributed by atoms with van der Waals surface area (Å²) in [5.41, 5.74) is 1.66. The minimum Gasteiger partial charge on any atom is -0.298 e. The molecule has 4 nitrogen and oxygen atoms in total. The van der Waals surface area contributed by atoms with Gasteiger partial charge in [-0.2, -0.15) is 0 Å². The highest BCUT2D eigenvalue weighted by atomic mass is 79.9. The van der Waals surface area contributed by atoms with E-state index in [9.17, 15) is 4.79 Å². The molecule has 0 aliphatic carbocycles. The average molecular weight is 330 g/mol. The molecule has 2 heterocycles. The maximum atomic E-state index is 12.3. The molecule has 0 N–H and O–H groups in total. The van der Waals surface area contributed by atoms with Gasteiger partial charge >= 0.3 is 0 Å². The van der Waals surface area contributed by atoms with Gasteiger partial charge in [0.05, 0.1) is 17.2 Å². The minimum atomic E-state index is -0.0153. The Kier molecular flexibility index (Phi) is 3.60. The van der Waals surface area contributed by atoms with Crippen LogP contribution in [0.2, 0.25) is 0 Å². The summed E-state index contributed by atoms with van der Waals surface area (Å²) in [6.07, 6.45) is 4.07. The summed E-state index contributed by atoms with van der Waals surface area (Å²) >= 11 is 3.38. The van der Waals surface area contributed by atoms with Crippen molar-refractivity contribution < 1.29 is 0 Å². The summed E-state index contributed by atoms with van der Waals surface area (Å²) in [6.45, 7) is 0.578. The standard InChI is InChI=1S/C15H12BrN3O/c16-11-4-5-13-14(9-11)18-10-19(15(13)20)8-6-12-3-1-2-7-17-12/h1-5,7,9-10H,6,8H2. The molecule has 3 aromatic rings. The number of hydrogen-bond acceptors (Lipinski definition) is 3. The monoisotopic (exact) mass is 329 g/mol. The van der Waals surface area contributed by atoms with E-state index in [1.54, 1.807) is 23.2 Å². The van der Waals surface area contributed by atoms with Crippen LogP contribution in [-0.4, -0.2) is 14.5 Å². The number of halogens is 1. The Morgan fingerprint density at radius 2 is 2.05 bits per heavy atom. The fourth-order valence-corrected chi connectivity index (χ4v) is 2.42. The molecule has 0 unspecified atom stereocenters. The third kappa shape index (κ3) is 2.63. The summed E-state index contributed by atoms with van der Waals surface area (Å²) in [7, 11) is 0. The van der Waals surface area contributed by atoms with Crippen LogP contribution < -0.4 is 5.56 Å². The second-order valence-corrected chi connectivity index (χ2v) is 5.39. The predicted molar refractivity (Wildman–Crippen MR) is 81.6 cm³/mol. The van der Waals surface area contributed by atoms with Gasteiger partial charge in [-0.25, -0.2) is 4.98 Å². The van der Waals surface area contributed by atoms with Gasteiger partial charge in [-0.3, -0.25) is 14.3 Å². The fourth-order valence-electron chi connectivity index (χ4n) is 2.07. The molecule has 0 bridgehead atoms. The van der Waals surface area contributed by atoms with Gasteiger partial charge in [0.2, 0.25) is 0 Å². The van der Waals surface area contributed by atoms with Crippen LogP contribution in [0.15, 0.2) is 58.2 Å². The molecule has 0 atom stereocenters. The number of nitrogens with zero attached hydrogens (tertiary/aromatic N) is 3. The summed E-state index contributed by atoms with van der Waals surface area (Å²) in [6, 6.07) is 11.3. The van der Waals surface area contributed by atoms with Crippen molar-refractivity contribution in [2.75, 3.05) is 0 Å². The van der Waals surface area contributed by atoms with Gasteiger partial charge < -0.3 is 0 Å². The Morgan fingerprint density at radius 3 is 2.85 bits per heavy atom. The summed E-state index contributed by atoms with van der Waals surface area (Å²) < 4.78 is 2.55. The first-order chi connectivity index (χ1) is 9.74. The van der Waals surface area contributed by atoms with Gasteiger partial charge in [-0.15, -0.1) is 0 Å². The largest absolute Gasteiger partial charge is 0.298 e. The van der Waals surface area contributed by atoms with Crippen molar-refractivity contribution in [1.82, 2.24) is 14.5 Å². The van der Waals surface area contributed by atoms with E-state index >= 15 is 0 Å². The smallest absolute Gasteiger partial charge is 0.261 e. The van der Waals surface area contributed by atoms with Gasteiger partial charge in [0, 0.05) is 29.3 Å². The first-order valence-corrected chi connectivity index (χ1v) is 7.08. The Morgan fingerprint density at radius 1 is 1.15 bits per heavy atom. The van der Waals surface area contributed by atoms with Gasteiger partial charge in [-0.1, -0.05) is 22.0 Å². The first kappa shape index (κ1) is 13.0. The highest BCUT2D eigenvalue weighted by Crippen LogP contribution is 2.14. The van der Waals surface area contributed by atoms with E-state index in [1.807, 2.05) is 30.3 Å². The average Bonchev–Trinajstić information content (AvgIpc) is 2.47. The van der Waals surface area contributed by atoms with Gasteiger partial charge in [0.25, 0.3) is 5.56 Å². The van der Waals surface area contributed by atoms with E-state index in [1.165, 1.54) is 0 Å². The number of aromatic nitrogens is 3. The lowest BCUT2D eigenvalue weighted by atomic mass is 10.2. The normalized spacial score (nSPS) is 10.8. The van der Waals surface area contributed by atoms with E-state index in [4.69, 9.17) is 0 Å². The van der Waals surface area contributed by atoms with Crippen LogP contribution in [0.3, 0.4) is 0 Å². The number of hydrogen-bond donors (Lipinski definition) is 0. The Balaban J connectivity index is 1.91. The molecule has 0 fully saturated rings. The van der Waals surface area contributed by atoms with Crippen molar-refractivity contribution in [3.05, 3.63) is 69.4 Å². The highest BCUT2D eigenvalue weighted by molar-refractivity contribution is 9.10. The quantitative estimate of drug-likeness (QED) is 0.742. The van der Waals surface area contributed by atoms with Gasteiger partial charge in [0.15, 0.2) is 0 Å². The molecule has 5 heteroatoms. The van der Waals surface area contributed by atoms with Crippen LogP contribution in [0, 0.1) is 0 Å². The highest BCUT2D eigenvalue weighted by Gasteiger charge is 2.04. The third-order valence-electron chi connectivity index (χ3n) is 3.12. The van der Waals surface area contributed by atoms with Crippen molar-refractivity contribution in [2.24, 2.45) is 0 Å². The van der Waals surface area contributed by atoms with Crippen LogP contribution >= 0.6 is 15.9 Å². The third-order valence-corrected chi connectivity index (χ3v) is 3.62. The van der Waals surface area contributed by atoms with Crippen molar-refractivity contribution in [2.45, 2.75) is 13.0 Å². The lowest BCUT2D eigenvalue weighted by Gasteiger charge is -2.06. The van der Waals surface area contributed by atoms with Crippen molar-refractivity contribution in [1.29, 1.82) is 0 Å². The zero-order valence-electron chi connectivity index (χ0n) is 10.7. The molecule has 20 heavy (non-hydrogen) atoms. The minimum absolute atomic E-state index is 0.0153. The topological polar surface area (TPSA) is 47.8 Å². The first-order valence-electron chi connectivity index (χ1n) is 6.29. The van der Waals surface area contributed by atoms with E-state index in [2.05, 4.69) is 25.9 Å². The molecule has 1 aromatic carbocycles. The molecule has 2 aromatic heterocycles. The van der Waals surface area contributed by atoms with Crippen molar-refractivity contribution in [3.8, 4) is 0 Å². The maximum absolute atomic E-state index is 12.3. The number of fused-ring (bicyclic) bond motifs is 1. The molecule has 0 aliphatic heterocycles. The molecule has 100 valence electrons. The lowest BCUT2D eigenvalue weighted by molar-refractivity contribution is 0.654. The number of pyridine rings is 1. The second kappa shape index (κ2) is 5.54. The molecule has 0 saturated heterocycles. The van der Waals surface area contributed by atoms with Crippen LogP contribution in [0.4, 0.5) is 0 Å². The number of aryl methyl sites for hydroxylation is 2. The van der Waals surface area contributed by atoms with E-state index < -0.39 is 0 Å². The molecule has 3 rings (SSSR count). The fraction of sp³-hybridized carbons (Fsp3) is 0.133. The van der Waals surface area contributed by atoms with E-state index in [-0.39, 0.29) is 5.56 Å². The molecular weight excluding hydrogens is 318 g/mol. The molecule has 0 saturated carbocycles. The number of rotatable bonds is 3. The van der Waals surface area contributed by atoms with Crippen LogP contribution in [0.25, 0.3) is 10.9 Å². The maximum Gasteiger partial charge on any atom is 0.261 e. The van der Waals surface area contributed by atoms with Crippen molar-refractivity contribution in [3.63, 3.8) is 0 Å². The number of benzene rings is 1. The van der Waals surface area contributed by atoms with E-state index in [0.29, 0.717) is 23.9 Å². The summed E-state index contributed by atoms with van der Waals surface area (Å²) in [5.74, 6) is 0. The zero-order chi connectivity index (χ0) is 13.9. The molecule has 0 aliphatic rings. The summed E-state index contributed by atoms with van der Waals surface area (Å²) in [4.78, 5) is 20.9. The molecule has 0 spiro atoms. The molecular formula is C15H12BrN3O. The van der Waals surface area contributed by atoms with Crippen LogP contribution in [0.5, 0.6) is 0 Å². The van der Waals surface area contributed by atoms with Gasteiger partial charge in [-0.05, 0) is 30.3 Å². The Hall–Kier alpha value is -2.01. The molecule has 0 radical (unpaired) electrons. The Bertz CT molecular complexity index is 799.